The van der Waals surface area contributed by atoms with Crippen LogP contribution in [0.4, 0.5) is 0 Å². The van der Waals surface area contributed by atoms with Gasteiger partial charge < -0.3 is 16.4 Å². The third-order valence-corrected chi connectivity index (χ3v) is 3.82. The Bertz CT molecular complexity index is 670. The van der Waals surface area contributed by atoms with E-state index in [1.54, 1.807) is 6.92 Å². The van der Waals surface area contributed by atoms with Crippen LogP contribution in [0.5, 0.6) is 0 Å². The van der Waals surface area contributed by atoms with E-state index in [-0.39, 0.29) is 24.8 Å². The summed E-state index contributed by atoms with van der Waals surface area (Å²) in [4.78, 5) is 24.1. The van der Waals surface area contributed by atoms with Gasteiger partial charge in [-0.15, -0.1) is 0 Å². The Morgan fingerprint density at radius 3 is 2.17 bits per heavy atom. The van der Waals surface area contributed by atoms with Gasteiger partial charge in [-0.2, -0.15) is 0 Å². The van der Waals surface area contributed by atoms with Crippen LogP contribution in [0, 0.1) is 0 Å². The van der Waals surface area contributed by atoms with Crippen LogP contribution in [0.15, 0.2) is 60.7 Å². The summed E-state index contributed by atoms with van der Waals surface area (Å²) in [5, 5.41) is 5.55. The molecule has 0 bridgehead atoms. The summed E-state index contributed by atoms with van der Waals surface area (Å²) in [6.45, 7) is 2.39. The van der Waals surface area contributed by atoms with Crippen molar-refractivity contribution in [3.05, 3.63) is 71.8 Å². The lowest BCUT2D eigenvalue weighted by molar-refractivity contribution is -0.126. The highest BCUT2D eigenvalue weighted by molar-refractivity contribution is 5.87. The lowest BCUT2D eigenvalue weighted by Gasteiger charge is -2.24. The zero-order valence-corrected chi connectivity index (χ0v) is 13.8. The van der Waals surface area contributed by atoms with Gasteiger partial charge in [-0.05, 0) is 18.1 Å². The van der Waals surface area contributed by atoms with Gasteiger partial charge in [0.25, 0.3) is 0 Å². The highest BCUT2D eigenvalue weighted by atomic mass is 16.2. The molecule has 5 nitrogen and oxygen atoms in total. The van der Waals surface area contributed by atoms with E-state index < -0.39 is 5.54 Å². The molecule has 2 aromatic carbocycles. The smallest absolute Gasteiger partial charge is 0.244 e. The van der Waals surface area contributed by atoms with Crippen LogP contribution in [0.25, 0.3) is 0 Å². The molecule has 1 unspecified atom stereocenters. The largest absolute Gasteiger partial charge is 0.354 e. The van der Waals surface area contributed by atoms with Crippen molar-refractivity contribution in [1.29, 1.82) is 0 Å². The van der Waals surface area contributed by atoms with Crippen molar-refractivity contribution in [2.45, 2.75) is 25.4 Å². The van der Waals surface area contributed by atoms with E-state index in [1.807, 2.05) is 60.7 Å². The van der Waals surface area contributed by atoms with E-state index in [2.05, 4.69) is 10.6 Å². The van der Waals surface area contributed by atoms with Crippen LogP contribution in [0.1, 0.15) is 24.5 Å². The molecule has 1 atom stereocenters. The van der Waals surface area contributed by atoms with Crippen LogP contribution in [0.3, 0.4) is 0 Å². The third-order valence-electron chi connectivity index (χ3n) is 3.82. The minimum absolute atomic E-state index is 0.113. The van der Waals surface area contributed by atoms with Crippen LogP contribution < -0.4 is 16.4 Å². The van der Waals surface area contributed by atoms with Gasteiger partial charge in [-0.25, -0.2) is 0 Å². The molecule has 0 aromatic heterocycles. The second kappa shape index (κ2) is 8.26. The lowest BCUT2D eigenvalue weighted by Crippen LogP contribution is -2.49. The van der Waals surface area contributed by atoms with Crippen molar-refractivity contribution in [2.24, 2.45) is 5.73 Å². The number of rotatable bonds is 7. The second-order valence-electron chi connectivity index (χ2n) is 5.84. The highest BCUT2D eigenvalue weighted by Crippen LogP contribution is 2.17. The number of benzene rings is 2. The maximum absolute atomic E-state index is 12.3. The van der Waals surface area contributed by atoms with Crippen molar-refractivity contribution in [3.8, 4) is 0 Å². The minimum atomic E-state index is -1.12. The molecule has 0 fully saturated rings. The fraction of sp³-hybridized carbons (Fsp3) is 0.263. The first-order valence-corrected chi connectivity index (χ1v) is 7.93. The Morgan fingerprint density at radius 2 is 1.54 bits per heavy atom. The number of hydrogen-bond donors (Lipinski definition) is 3. The Morgan fingerprint density at radius 1 is 0.958 bits per heavy atom. The average Bonchev–Trinajstić information content (AvgIpc) is 2.61. The van der Waals surface area contributed by atoms with Gasteiger partial charge in [0.1, 0.15) is 5.54 Å². The van der Waals surface area contributed by atoms with Crippen molar-refractivity contribution in [2.75, 3.05) is 6.54 Å². The van der Waals surface area contributed by atoms with Gasteiger partial charge in [0, 0.05) is 19.5 Å². The first-order chi connectivity index (χ1) is 11.5. The zero-order valence-electron chi connectivity index (χ0n) is 13.8. The lowest BCUT2D eigenvalue weighted by atomic mass is 9.92. The molecule has 0 radical (unpaired) electrons. The summed E-state index contributed by atoms with van der Waals surface area (Å²) in [7, 11) is 0. The van der Waals surface area contributed by atoms with Crippen LogP contribution in [0.2, 0.25) is 0 Å². The predicted octanol–water partition coefficient (Wildman–Crippen LogP) is 1.68. The Kier molecular flexibility index (Phi) is 6.09. The third kappa shape index (κ3) is 4.93. The molecule has 4 N–H and O–H groups in total. The highest BCUT2D eigenvalue weighted by Gasteiger charge is 2.29. The van der Waals surface area contributed by atoms with Crippen molar-refractivity contribution in [1.82, 2.24) is 10.6 Å². The standard InChI is InChI=1S/C19H23N3O2/c1-19(20,16-10-6-3-7-11-16)18(24)21-13-12-17(23)22-14-15-8-4-2-5-9-15/h2-11H,12-14,20H2,1H3,(H,21,24)(H,22,23). The van der Waals surface area contributed by atoms with E-state index in [4.69, 9.17) is 5.73 Å². The monoisotopic (exact) mass is 325 g/mol. The van der Waals surface area contributed by atoms with Crippen LogP contribution in [-0.2, 0) is 21.7 Å². The van der Waals surface area contributed by atoms with Gasteiger partial charge >= 0.3 is 0 Å². The Balaban J connectivity index is 1.75. The molecule has 0 aliphatic rings. The Labute approximate surface area is 142 Å². The molecule has 0 aliphatic carbocycles. The van der Waals surface area contributed by atoms with Gasteiger partial charge in [0.2, 0.25) is 11.8 Å². The fourth-order valence-corrected chi connectivity index (χ4v) is 2.27. The number of carbonyl (C=O) groups excluding carboxylic acids is 2. The molecule has 0 spiro atoms. The molecule has 0 heterocycles. The molecular formula is C19H23N3O2. The second-order valence-corrected chi connectivity index (χ2v) is 5.84. The average molecular weight is 325 g/mol. The first-order valence-electron chi connectivity index (χ1n) is 7.93. The predicted molar refractivity (Wildman–Crippen MR) is 93.9 cm³/mol. The molecule has 0 aliphatic heterocycles. The van der Waals surface area contributed by atoms with E-state index in [0.717, 1.165) is 11.1 Å². The number of carbonyl (C=O) groups is 2. The molecule has 2 amide bonds. The molecule has 0 saturated heterocycles. The fourth-order valence-electron chi connectivity index (χ4n) is 2.27. The van der Waals surface area contributed by atoms with Crippen molar-refractivity contribution < 1.29 is 9.59 Å². The molecule has 0 saturated carbocycles. The molecule has 126 valence electrons. The van der Waals surface area contributed by atoms with Crippen molar-refractivity contribution in [3.63, 3.8) is 0 Å². The molecule has 24 heavy (non-hydrogen) atoms. The summed E-state index contributed by atoms with van der Waals surface area (Å²) < 4.78 is 0. The summed E-state index contributed by atoms with van der Waals surface area (Å²) in [6, 6.07) is 18.8. The zero-order chi connectivity index (χ0) is 17.4. The SMILES string of the molecule is CC(N)(C(=O)NCCC(=O)NCc1ccccc1)c1ccccc1. The summed E-state index contributed by atoms with van der Waals surface area (Å²) in [5.41, 5.74) is 6.77. The summed E-state index contributed by atoms with van der Waals surface area (Å²) >= 11 is 0. The number of amides is 2. The first kappa shape index (κ1) is 17.7. The maximum Gasteiger partial charge on any atom is 0.244 e. The molecule has 5 heteroatoms. The van der Waals surface area contributed by atoms with Crippen LogP contribution in [-0.4, -0.2) is 18.4 Å². The maximum atomic E-state index is 12.3. The van der Waals surface area contributed by atoms with Gasteiger partial charge in [-0.3, -0.25) is 9.59 Å². The van der Waals surface area contributed by atoms with Gasteiger partial charge in [-0.1, -0.05) is 60.7 Å². The molecule has 2 rings (SSSR count). The van der Waals surface area contributed by atoms with E-state index >= 15 is 0 Å². The summed E-state index contributed by atoms with van der Waals surface area (Å²) in [5.74, 6) is -0.415. The number of nitrogens with two attached hydrogens (primary N) is 1. The normalized spacial score (nSPS) is 12.9. The van der Waals surface area contributed by atoms with Gasteiger partial charge in [0.05, 0.1) is 0 Å². The Hall–Kier alpha value is -2.66. The molecular weight excluding hydrogens is 302 g/mol. The summed E-state index contributed by atoms with van der Waals surface area (Å²) in [6.07, 6.45) is 0.212. The van der Waals surface area contributed by atoms with Crippen molar-refractivity contribution >= 4 is 11.8 Å². The van der Waals surface area contributed by atoms with Crippen LogP contribution >= 0.6 is 0 Å². The molecule has 2 aromatic rings. The van der Waals surface area contributed by atoms with E-state index in [1.165, 1.54) is 0 Å². The number of nitrogens with one attached hydrogen (secondary N) is 2. The van der Waals surface area contributed by atoms with E-state index in [0.29, 0.717) is 6.54 Å². The quantitative estimate of drug-likeness (QED) is 0.724. The minimum Gasteiger partial charge on any atom is -0.354 e. The van der Waals surface area contributed by atoms with Gasteiger partial charge in [0.15, 0.2) is 0 Å². The topological polar surface area (TPSA) is 84.2 Å². The van der Waals surface area contributed by atoms with E-state index in [9.17, 15) is 9.59 Å². The number of hydrogen-bond acceptors (Lipinski definition) is 3.